The third kappa shape index (κ3) is 2.36. The van der Waals surface area contributed by atoms with Crippen LogP contribution in [0.5, 0.6) is 0 Å². The number of imidazole rings is 1. The Labute approximate surface area is 124 Å². The summed E-state index contributed by atoms with van der Waals surface area (Å²) in [5.41, 5.74) is 2.42. The summed E-state index contributed by atoms with van der Waals surface area (Å²) < 4.78 is 17.8. The number of aromatic nitrogens is 4. The van der Waals surface area contributed by atoms with Crippen LogP contribution >= 0.6 is 23.8 Å². The molecule has 1 N–H and O–H groups in total. The second-order valence-corrected chi connectivity index (χ2v) is 5.39. The average Bonchev–Trinajstić information content (AvgIpc) is 2.92. The van der Waals surface area contributed by atoms with Gasteiger partial charge in [0.05, 0.1) is 21.7 Å². The monoisotopic (exact) mass is 310 g/mol. The summed E-state index contributed by atoms with van der Waals surface area (Å²) in [5, 5.41) is 4.40. The zero-order chi connectivity index (χ0) is 14.3. The number of halogens is 2. The molecular formula is C13H12ClFN4S. The van der Waals surface area contributed by atoms with Gasteiger partial charge in [0.25, 0.3) is 0 Å². The lowest BCUT2D eigenvalue weighted by Crippen LogP contribution is -2.02. The molecule has 104 valence electrons. The first-order valence-electron chi connectivity index (χ1n) is 6.10. The van der Waals surface area contributed by atoms with Crippen LogP contribution in [0.25, 0.3) is 11.0 Å². The minimum atomic E-state index is -0.445. The van der Waals surface area contributed by atoms with Crippen LogP contribution in [0.3, 0.4) is 0 Å². The standard InChI is InChI=1S/C13H12ClFN4S/c1-18-4-2-8(17-18)3-5-19-12-7-10(15)9(14)6-11(12)16-13(19)20/h2,4,6-7H,3,5H2,1H3,(H,16,20). The summed E-state index contributed by atoms with van der Waals surface area (Å²) in [7, 11) is 1.87. The molecule has 7 heteroatoms. The van der Waals surface area contributed by atoms with Crippen molar-refractivity contribution < 1.29 is 4.39 Å². The highest BCUT2D eigenvalue weighted by atomic mass is 35.5. The van der Waals surface area contributed by atoms with E-state index in [0.29, 0.717) is 16.8 Å². The highest BCUT2D eigenvalue weighted by Crippen LogP contribution is 2.23. The second-order valence-electron chi connectivity index (χ2n) is 4.60. The molecule has 2 aromatic heterocycles. The van der Waals surface area contributed by atoms with Crippen molar-refractivity contribution in [2.24, 2.45) is 7.05 Å². The molecule has 2 heterocycles. The maximum absolute atomic E-state index is 13.6. The maximum Gasteiger partial charge on any atom is 0.178 e. The molecule has 0 unspecified atom stereocenters. The van der Waals surface area contributed by atoms with Crippen molar-refractivity contribution >= 4 is 34.9 Å². The molecule has 3 rings (SSSR count). The van der Waals surface area contributed by atoms with Gasteiger partial charge >= 0.3 is 0 Å². The Kier molecular flexibility index (Phi) is 3.35. The van der Waals surface area contributed by atoms with Gasteiger partial charge in [-0.05, 0) is 24.4 Å². The van der Waals surface area contributed by atoms with Gasteiger partial charge in [0.2, 0.25) is 0 Å². The smallest absolute Gasteiger partial charge is 0.178 e. The lowest BCUT2D eigenvalue weighted by atomic mass is 10.3. The van der Waals surface area contributed by atoms with E-state index < -0.39 is 5.82 Å². The Hall–Kier alpha value is -1.66. The highest BCUT2D eigenvalue weighted by Gasteiger charge is 2.09. The molecule has 0 radical (unpaired) electrons. The van der Waals surface area contributed by atoms with Crippen molar-refractivity contribution in [3.63, 3.8) is 0 Å². The first-order valence-corrected chi connectivity index (χ1v) is 6.89. The molecule has 0 aliphatic carbocycles. The van der Waals surface area contributed by atoms with Crippen molar-refractivity contribution in [2.75, 3.05) is 0 Å². The molecule has 3 aromatic rings. The fraction of sp³-hybridized carbons (Fsp3) is 0.231. The molecule has 0 fully saturated rings. The number of H-pyrrole nitrogens is 1. The Morgan fingerprint density at radius 1 is 1.45 bits per heavy atom. The molecule has 0 saturated heterocycles. The fourth-order valence-corrected chi connectivity index (χ4v) is 2.66. The zero-order valence-electron chi connectivity index (χ0n) is 10.7. The molecule has 0 bridgehead atoms. The Morgan fingerprint density at radius 2 is 2.25 bits per heavy atom. The van der Waals surface area contributed by atoms with Crippen LogP contribution in [0, 0.1) is 10.6 Å². The van der Waals surface area contributed by atoms with E-state index in [1.807, 2.05) is 23.9 Å². The summed E-state index contributed by atoms with van der Waals surface area (Å²) in [6.07, 6.45) is 2.62. The summed E-state index contributed by atoms with van der Waals surface area (Å²) >= 11 is 11.1. The molecule has 0 amide bonds. The van der Waals surface area contributed by atoms with E-state index in [2.05, 4.69) is 10.1 Å². The third-order valence-electron chi connectivity index (χ3n) is 3.18. The minimum absolute atomic E-state index is 0.0885. The first-order chi connectivity index (χ1) is 9.54. The highest BCUT2D eigenvalue weighted by molar-refractivity contribution is 7.71. The molecule has 0 spiro atoms. The zero-order valence-corrected chi connectivity index (χ0v) is 12.3. The Morgan fingerprint density at radius 3 is 2.95 bits per heavy atom. The van der Waals surface area contributed by atoms with Gasteiger partial charge in [-0.3, -0.25) is 4.68 Å². The molecule has 20 heavy (non-hydrogen) atoms. The molecule has 4 nitrogen and oxygen atoms in total. The number of aromatic amines is 1. The number of rotatable bonds is 3. The lowest BCUT2D eigenvalue weighted by molar-refractivity contribution is 0.627. The Bertz CT molecular complexity index is 833. The van der Waals surface area contributed by atoms with Crippen LogP contribution in [0.2, 0.25) is 5.02 Å². The van der Waals surface area contributed by atoms with Crippen LogP contribution in [0.1, 0.15) is 5.69 Å². The molecule has 0 aliphatic rings. The normalized spacial score (nSPS) is 11.3. The number of fused-ring (bicyclic) bond motifs is 1. The van der Waals surface area contributed by atoms with Crippen molar-refractivity contribution in [2.45, 2.75) is 13.0 Å². The van der Waals surface area contributed by atoms with Crippen molar-refractivity contribution in [3.8, 4) is 0 Å². The first kappa shape index (κ1) is 13.3. The molecule has 0 atom stereocenters. The molecule has 1 aromatic carbocycles. The second kappa shape index (κ2) is 5.03. The fourth-order valence-electron chi connectivity index (χ4n) is 2.20. The molecule has 0 aliphatic heterocycles. The van der Waals surface area contributed by atoms with E-state index in [1.165, 1.54) is 6.07 Å². The van der Waals surface area contributed by atoms with E-state index in [4.69, 9.17) is 23.8 Å². The van der Waals surface area contributed by atoms with Crippen LogP contribution in [-0.2, 0) is 20.0 Å². The van der Waals surface area contributed by atoms with Gasteiger partial charge in [-0.15, -0.1) is 0 Å². The van der Waals surface area contributed by atoms with Crippen LogP contribution in [0.15, 0.2) is 24.4 Å². The topological polar surface area (TPSA) is 38.5 Å². The number of aryl methyl sites for hydroxylation is 3. The summed E-state index contributed by atoms with van der Waals surface area (Å²) in [6.45, 7) is 0.636. The maximum atomic E-state index is 13.6. The van der Waals surface area contributed by atoms with E-state index in [1.54, 1.807) is 10.7 Å². The number of hydrogen-bond acceptors (Lipinski definition) is 2. The van der Waals surface area contributed by atoms with Crippen LogP contribution in [-0.4, -0.2) is 19.3 Å². The van der Waals surface area contributed by atoms with E-state index in [-0.39, 0.29) is 5.02 Å². The predicted octanol–water partition coefficient (Wildman–Crippen LogP) is 3.47. The third-order valence-corrected chi connectivity index (χ3v) is 3.79. The summed E-state index contributed by atoms with van der Waals surface area (Å²) in [6, 6.07) is 4.91. The van der Waals surface area contributed by atoms with Gasteiger partial charge in [0.15, 0.2) is 4.77 Å². The number of hydrogen-bond donors (Lipinski definition) is 1. The number of nitrogens with zero attached hydrogens (tertiary/aromatic N) is 3. The van der Waals surface area contributed by atoms with E-state index in [9.17, 15) is 4.39 Å². The van der Waals surface area contributed by atoms with Gasteiger partial charge in [-0.2, -0.15) is 5.10 Å². The van der Waals surface area contributed by atoms with Crippen molar-refractivity contribution in [1.82, 2.24) is 19.3 Å². The number of benzene rings is 1. The Balaban J connectivity index is 1.96. The minimum Gasteiger partial charge on any atom is -0.331 e. The summed E-state index contributed by atoms with van der Waals surface area (Å²) in [5.74, 6) is -0.445. The van der Waals surface area contributed by atoms with E-state index >= 15 is 0 Å². The predicted molar refractivity (Wildman–Crippen MR) is 79.0 cm³/mol. The van der Waals surface area contributed by atoms with Crippen molar-refractivity contribution in [1.29, 1.82) is 0 Å². The van der Waals surface area contributed by atoms with E-state index in [0.717, 1.165) is 17.6 Å². The molecule has 0 saturated carbocycles. The lowest BCUT2D eigenvalue weighted by Gasteiger charge is -2.03. The largest absolute Gasteiger partial charge is 0.331 e. The van der Waals surface area contributed by atoms with Crippen LogP contribution in [0.4, 0.5) is 4.39 Å². The summed E-state index contributed by atoms with van der Waals surface area (Å²) in [4.78, 5) is 3.04. The quantitative estimate of drug-likeness (QED) is 0.752. The molecular weight excluding hydrogens is 299 g/mol. The van der Waals surface area contributed by atoms with Crippen LogP contribution < -0.4 is 0 Å². The van der Waals surface area contributed by atoms with Gasteiger partial charge in [-0.1, -0.05) is 11.6 Å². The van der Waals surface area contributed by atoms with Gasteiger partial charge < -0.3 is 9.55 Å². The SMILES string of the molecule is Cn1ccc(CCn2c(=S)[nH]c3cc(Cl)c(F)cc32)n1. The number of nitrogens with one attached hydrogen (secondary N) is 1. The van der Waals surface area contributed by atoms with Gasteiger partial charge in [0, 0.05) is 32.3 Å². The average molecular weight is 311 g/mol. The van der Waals surface area contributed by atoms with Crippen molar-refractivity contribution in [3.05, 3.63) is 45.7 Å². The van der Waals surface area contributed by atoms with Gasteiger partial charge in [-0.25, -0.2) is 4.39 Å². The van der Waals surface area contributed by atoms with Gasteiger partial charge in [0.1, 0.15) is 5.82 Å².